The van der Waals surface area contributed by atoms with Crippen LogP contribution < -0.4 is 11.2 Å². The van der Waals surface area contributed by atoms with E-state index in [-0.39, 0.29) is 6.54 Å². The summed E-state index contributed by atoms with van der Waals surface area (Å²) in [4.78, 5) is 24.2. The van der Waals surface area contributed by atoms with Crippen molar-refractivity contribution >= 4 is 19.7 Å². The molecule has 0 fully saturated rings. The van der Waals surface area contributed by atoms with Crippen LogP contribution in [0.1, 0.15) is 11.6 Å². The summed E-state index contributed by atoms with van der Waals surface area (Å²) in [7, 11) is 2.58. The lowest BCUT2D eigenvalue weighted by Gasteiger charge is -2.06. The molecule has 0 aliphatic rings. The largest absolute Gasteiger partial charge is 0.328 e. The molecule has 11 heteroatoms. The molecule has 0 amide bonds. The minimum Gasteiger partial charge on any atom is -0.317 e. The molecule has 108 valence electrons. The minimum absolute atomic E-state index is 0.0492. The first kappa shape index (κ1) is 14.5. The van der Waals surface area contributed by atoms with Gasteiger partial charge in [0.15, 0.2) is 10.7 Å². The maximum Gasteiger partial charge on any atom is 0.328 e. The third-order valence-electron chi connectivity index (χ3n) is 2.74. The average Bonchev–Trinajstić information content (AvgIpc) is 2.62. The predicted octanol–water partition coefficient (Wildman–Crippen LogP) is -1.05. The zero-order valence-corrected chi connectivity index (χ0v) is 12.1. The molecule has 0 aliphatic heterocycles. The highest BCUT2D eigenvalue weighted by Crippen LogP contribution is 2.08. The fourth-order valence-corrected chi connectivity index (χ4v) is 2.38. The van der Waals surface area contributed by atoms with Gasteiger partial charge < -0.3 is 4.57 Å². The van der Waals surface area contributed by atoms with Gasteiger partial charge in [0.2, 0.25) is 0 Å². The maximum atomic E-state index is 11.7. The highest BCUT2D eigenvalue weighted by atomic mass is 35.7. The summed E-state index contributed by atoms with van der Waals surface area (Å²) in [6, 6.07) is 0. The van der Waals surface area contributed by atoms with Crippen LogP contribution in [0.2, 0.25) is 0 Å². The summed E-state index contributed by atoms with van der Waals surface area (Å²) in [5, 5.41) is 7.66. The summed E-state index contributed by atoms with van der Waals surface area (Å²) in [5.41, 5.74) is -1.82. The van der Waals surface area contributed by atoms with Crippen molar-refractivity contribution in [2.75, 3.05) is 0 Å². The molecule has 0 bridgehead atoms. The van der Waals surface area contributed by atoms with E-state index in [0.717, 1.165) is 10.8 Å². The van der Waals surface area contributed by atoms with Gasteiger partial charge in [-0.1, -0.05) is 0 Å². The van der Waals surface area contributed by atoms with E-state index in [1.807, 2.05) is 4.98 Å². The molecule has 9 nitrogen and oxygen atoms in total. The molecule has 0 unspecified atom stereocenters. The molecule has 1 N–H and O–H groups in total. The summed E-state index contributed by atoms with van der Waals surface area (Å²) < 4.78 is 25.1. The fraction of sp³-hybridized carbons (Fsp3) is 0.333. The van der Waals surface area contributed by atoms with Crippen molar-refractivity contribution in [1.29, 1.82) is 0 Å². The highest BCUT2D eigenvalue weighted by molar-refractivity contribution is 8.13. The van der Waals surface area contributed by atoms with Crippen LogP contribution in [0.5, 0.6) is 0 Å². The Labute approximate surface area is 117 Å². The van der Waals surface area contributed by atoms with Gasteiger partial charge in [-0.15, -0.1) is 10.2 Å². The lowest BCUT2D eigenvalue weighted by molar-refractivity contribution is 0.599. The van der Waals surface area contributed by atoms with Crippen molar-refractivity contribution < 1.29 is 8.42 Å². The zero-order chi connectivity index (χ0) is 15.1. The van der Waals surface area contributed by atoms with Crippen molar-refractivity contribution in [2.24, 2.45) is 7.05 Å². The van der Waals surface area contributed by atoms with Gasteiger partial charge in [0.05, 0.1) is 6.54 Å². The van der Waals surface area contributed by atoms with Gasteiger partial charge in [-0.25, -0.2) is 13.2 Å². The van der Waals surface area contributed by atoms with Crippen molar-refractivity contribution in [3.05, 3.63) is 38.7 Å². The molecule has 0 spiro atoms. The number of hydrogen-bond donors (Lipinski definition) is 1. The van der Waals surface area contributed by atoms with Gasteiger partial charge in [0, 0.05) is 23.9 Å². The fourth-order valence-electron chi connectivity index (χ4n) is 1.52. The Kier molecular flexibility index (Phi) is 3.52. The Hall–Kier alpha value is -1.94. The summed E-state index contributed by atoms with van der Waals surface area (Å²) >= 11 is 0. The van der Waals surface area contributed by atoms with Gasteiger partial charge >= 0.3 is 5.69 Å². The van der Waals surface area contributed by atoms with Crippen LogP contribution in [0.4, 0.5) is 0 Å². The van der Waals surface area contributed by atoms with E-state index < -0.39 is 25.2 Å². The van der Waals surface area contributed by atoms with E-state index in [9.17, 15) is 18.0 Å². The van der Waals surface area contributed by atoms with E-state index in [2.05, 4.69) is 10.2 Å². The average molecular weight is 320 g/mol. The first-order chi connectivity index (χ1) is 9.20. The van der Waals surface area contributed by atoms with Gasteiger partial charge in [-0.05, 0) is 6.92 Å². The molecule has 2 heterocycles. The second-order valence-corrected chi connectivity index (χ2v) is 6.58. The molecule has 0 saturated carbocycles. The van der Waals surface area contributed by atoms with Crippen LogP contribution in [-0.4, -0.2) is 32.7 Å². The third-order valence-corrected chi connectivity index (χ3v) is 4.05. The molecule has 0 aliphatic carbocycles. The normalized spacial score (nSPS) is 11.8. The third kappa shape index (κ3) is 2.65. The molecule has 20 heavy (non-hydrogen) atoms. The molecule has 0 aromatic carbocycles. The van der Waals surface area contributed by atoms with Crippen LogP contribution in [0.3, 0.4) is 0 Å². The SMILES string of the molecule is Cc1nnc(Cn2cc(S(=O)(=O)Cl)c(=O)[nH]c2=O)n1C. The number of nitrogens with zero attached hydrogens (tertiary/aromatic N) is 4. The zero-order valence-electron chi connectivity index (χ0n) is 10.5. The minimum atomic E-state index is -4.24. The monoisotopic (exact) mass is 319 g/mol. The van der Waals surface area contributed by atoms with Gasteiger partial charge in [-0.2, -0.15) is 0 Å². The van der Waals surface area contributed by atoms with E-state index in [0.29, 0.717) is 11.6 Å². The van der Waals surface area contributed by atoms with Crippen LogP contribution >= 0.6 is 10.7 Å². The van der Waals surface area contributed by atoms with Crippen LogP contribution in [0.25, 0.3) is 0 Å². The van der Waals surface area contributed by atoms with Crippen LogP contribution in [0, 0.1) is 6.92 Å². The Morgan fingerprint density at radius 2 is 2.00 bits per heavy atom. The maximum absolute atomic E-state index is 11.7. The first-order valence-corrected chi connectivity index (χ1v) is 7.64. The lowest BCUT2D eigenvalue weighted by atomic mass is 10.5. The van der Waals surface area contributed by atoms with Crippen LogP contribution in [-0.2, 0) is 22.6 Å². The van der Waals surface area contributed by atoms with Gasteiger partial charge in [-0.3, -0.25) is 14.3 Å². The van der Waals surface area contributed by atoms with Crippen LogP contribution in [0.15, 0.2) is 20.7 Å². The number of halogens is 1. The number of aryl methyl sites for hydroxylation is 1. The number of aromatic nitrogens is 5. The van der Waals surface area contributed by atoms with E-state index in [1.54, 1.807) is 18.5 Å². The Balaban J connectivity index is 2.56. The molecular weight excluding hydrogens is 310 g/mol. The molecule has 2 aromatic heterocycles. The van der Waals surface area contributed by atoms with E-state index in [4.69, 9.17) is 10.7 Å². The predicted molar refractivity (Wildman–Crippen MR) is 69.2 cm³/mol. The van der Waals surface area contributed by atoms with Crippen molar-refractivity contribution in [3.63, 3.8) is 0 Å². The van der Waals surface area contributed by atoms with Gasteiger partial charge in [0.1, 0.15) is 5.82 Å². The Morgan fingerprint density at radius 3 is 2.50 bits per heavy atom. The Morgan fingerprint density at radius 1 is 1.35 bits per heavy atom. The number of rotatable bonds is 3. The number of nitrogens with one attached hydrogen (secondary N) is 1. The number of H-pyrrole nitrogens is 1. The second kappa shape index (κ2) is 4.87. The molecule has 0 atom stereocenters. The van der Waals surface area contributed by atoms with Crippen molar-refractivity contribution in [3.8, 4) is 0 Å². The van der Waals surface area contributed by atoms with E-state index >= 15 is 0 Å². The first-order valence-electron chi connectivity index (χ1n) is 5.33. The van der Waals surface area contributed by atoms with Crippen molar-refractivity contribution in [2.45, 2.75) is 18.4 Å². The number of hydrogen-bond acceptors (Lipinski definition) is 6. The standard InChI is InChI=1S/C9H10ClN5O4S/c1-5-12-13-7(14(5)2)4-15-3-6(20(10,18)19)8(16)11-9(15)17/h3H,4H2,1-2H3,(H,11,16,17). The second-order valence-electron chi connectivity index (χ2n) is 4.04. The topological polar surface area (TPSA) is 120 Å². The summed E-state index contributed by atoms with van der Waals surface area (Å²) in [6.45, 7) is 1.67. The quantitative estimate of drug-likeness (QED) is 0.721. The molecule has 0 radical (unpaired) electrons. The van der Waals surface area contributed by atoms with Crippen molar-refractivity contribution in [1.82, 2.24) is 24.3 Å². The highest BCUT2D eigenvalue weighted by Gasteiger charge is 2.18. The lowest BCUT2D eigenvalue weighted by Crippen LogP contribution is -2.33. The number of aromatic amines is 1. The smallest absolute Gasteiger partial charge is 0.317 e. The molecule has 2 rings (SSSR count). The Bertz CT molecular complexity index is 878. The van der Waals surface area contributed by atoms with Gasteiger partial charge in [0.25, 0.3) is 14.6 Å². The summed E-state index contributed by atoms with van der Waals surface area (Å²) in [6.07, 6.45) is 0.882. The molecular formula is C9H10ClN5O4S. The molecule has 2 aromatic rings. The van der Waals surface area contributed by atoms with E-state index in [1.165, 1.54) is 0 Å². The molecule has 0 saturated heterocycles. The summed E-state index contributed by atoms with van der Waals surface area (Å²) in [5.74, 6) is 1.05.